The number of carboxylic acid groups (broad SMARTS) is 1. The number of hydrogen-bond acceptors (Lipinski definition) is 2. The fourth-order valence-corrected chi connectivity index (χ4v) is 3.39. The number of aliphatic hydroxyl groups is 1. The van der Waals surface area contributed by atoms with Gasteiger partial charge in [0.2, 0.25) is 0 Å². The van der Waals surface area contributed by atoms with Crippen molar-refractivity contribution in [3.8, 4) is 0 Å². The highest BCUT2D eigenvalue weighted by Gasteiger charge is 2.26. The summed E-state index contributed by atoms with van der Waals surface area (Å²) in [7, 11) is 0. The van der Waals surface area contributed by atoms with Crippen molar-refractivity contribution >= 4 is 5.97 Å². The molecule has 0 aromatic rings. The molecule has 0 amide bonds. The first-order chi connectivity index (χ1) is 11.1. The fourth-order valence-electron chi connectivity index (χ4n) is 3.39. The summed E-state index contributed by atoms with van der Waals surface area (Å²) >= 11 is 0. The van der Waals surface area contributed by atoms with Crippen LogP contribution in [0.2, 0.25) is 0 Å². The van der Waals surface area contributed by atoms with Crippen LogP contribution in [0.5, 0.6) is 0 Å². The van der Waals surface area contributed by atoms with Crippen LogP contribution < -0.4 is 0 Å². The molecule has 3 heteroatoms. The standard InChI is InChI=1S/C21H34O3/c1-15(2)7-6-8-19(20(22)23)14-16(3)13-17(4)18-9-11-21(5,24)12-10-18/h7,9,11,14,16-18,24H,6,8,10,12-13H2,1-5H3,(H,22,23)/b19-14+. The van der Waals surface area contributed by atoms with Crippen LogP contribution in [-0.2, 0) is 4.79 Å². The minimum absolute atomic E-state index is 0.244. The third kappa shape index (κ3) is 7.48. The summed E-state index contributed by atoms with van der Waals surface area (Å²) in [6.07, 6.45) is 12.2. The molecular weight excluding hydrogens is 300 g/mol. The molecule has 0 aromatic heterocycles. The van der Waals surface area contributed by atoms with Crippen LogP contribution in [0, 0.1) is 17.8 Å². The van der Waals surface area contributed by atoms with Crippen LogP contribution in [0.3, 0.4) is 0 Å². The normalized spacial score (nSPS) is 26.8. The molecule has 1 aliphatic carbocycles. The Hall–Kier alpha value is -1.35. The number of hydrogen-bond donors (Lipinski definition) is 2. The number of allylic oxidation sites excluding steroid dienone is 4. The molecule has 4 atom stereocenters. The van der Waals surface area contributed by atoms with Gasteiger partial charge in [0.1, 0.15) is 0 Å². The van der Waals surface area contributed by atoms with Crippen LogP contribution in [-0.4, -0.2) is 21.8 Å². The Balaban J connectivity index is 2.62. The van der Waals surface area contributed by atoms with Gasteiger partial charge in [0.15, 0.2) is 0 Å². The molecule has 0 bridgehead atoms. The lowest BCUT2D eigenvalue weighted by molar-refractivity contribution is -0.132. The Morgan fingerprint density at radius 2 is 2.04 bits per heavy atom. The maximum absolute atomic E-state index is 11.4. The minimum atomic E-state index is -0.801. The van der Waals surface area contributed by atoms with Crippen LogP contribution in [0.25, 0.3) is 0 Å². The number of carboxylic acids is 1. The summed E-state index contributed by atoms with van der Waals surface area (Å²) in [4.78, 5) is 11.4. The van der Waals surface area contributed by atoms with Gasteiger partial charge in [-0.05, 0) is 70.6 Å². The van der Waals surface area contributed by atoms with Crippen LogP contribution in [0.1, 0.15) is 66.7 Å². The van der Waals surface area contributed by atoms with E-state index in [9.17, 15) is 15.0 Å². The fraction of sp³-hybridized carbons (Fsp3) is 0.667. The molecule has 0 saturated heterocycles. The van der Waals surface area contributed by atoms with Crippen molar-refractivity contribution in [2.75, 3.05) is 0 Å². The van der Waals surface area contributed by atoms with E-state index < -0.39 is 11.6 Å². The van der Waals surface area contributed by atoms with E-state index in [2.05, 4.69) is 26.0 Å². The second-order valence-corrected chi connectivity index (χ2v) is 7.93. The lowest BCUT2D eigenvalue weighted by atomic mass is 9.77. The first kappa shape index (κ1) is 20.7. The van der Waals surface area contributed by atoms with Gasteiger partial charge in [-0.25, -0.2) is 4.79 Å². The first-order valence-corrected chi connectivity index (χ1v) is 9.10. The third-order valence-electron chi connectivity index (χ3n) is 4.89. The van der Waals surface area contributed by atoms with E-state index in [0.717, 1.165) is 25.7 Å². The van der Waals surface area contributed by atoms with Gasteiger partial charge < -0.3 is 10.2 Å². The predicted molar refractivity (Wildman–Crippen MR) is 99.8 cm³/mol. The molecule has 0 aromatic carbocycles. The summed E-state index contributed by atoms with van der Waals surface area (Å²) in [6, 6.07) is 0. The van der Waals surface area contributed by atoms with Gasteiger partial charge in [-0.2, -0.15) is 0 Å². The van der Waals surface area contributed by atoms with Gasteiger partial charge in [-0.1, -0.05) is 43.7 Å². The Bertz CT molecular complexity index is 507. The monoisotopic (exact) mass is 334 g/mol. The van der Waals surface area contributed by atoms with Gasteiger partial charge in [0.25, 0.3) is 0 Å². The lowest BCUT2D eigenvalue weighted by Gasteiger charge is -2.31. The molecule has 24 heavy (non-hydrogen) atoms. The second-order valence-electron chi connectivity index (χ2n) is 7.93. The maximum Gasteiger partial charge on any atom is 0.331 e. The van der Waals surface area contributed by atoms with Crippen molar-refractivity contribution in [1.82, 2.24) is 0 Å². The van der Waals surface area contributed by atoms with Crippen LogP contribution in [0.15, 0.2) is 35.5 Å². The zero-order valence-corrected chi connectivity index (χ0v) is 15.9. The quantitative estimate of drug-likeness (QED) is 0.478. The Morgan fingerprint density at radius 1 is 1.38 bits per heavy atom. The van der Waals surface area contributed by atoms with Gasteiger partial charge in [-0.3, -0.25) is 0 Å². The topological polar surface area (TPSA) is 57.5 Å². The molecule has 0 spiro atoms. The Morgan fingerprint density at radius 3 is 2.54 bits per heavy atom. The van der Waals surface area contributed by atoms with Crippen molar-refractivity contribution in [2.24, 2.45) is 17.8 Å². The molecule has 3 nitrogen and oxygen atoms in total. The molecule has 0 heterocycles. The summed E-state index contributed by atoms with van der Waals surface area (Å²) in [5.74, 6) is 0.398. The SMILES string of the molecule is CC(C)=CCC/C(=C\C(C)CC(C)C1C=CC(C)(O)CC1)C(=O)O. The Labute approximate surface area is 147 Å². The molecule has 0 radical (unpaired) electrons. The van der Waals surface area contributed by atoms with Crippen LogP contribution >= 0.6 is 0 Å². The molecule has 1 rings (SSSR count). The van der Waals surface area contributed by atoms with Gasteiger partial charge >= 0.3 is 5.97 Å². The van der Waals surface area contributed by atoms with Crippen molar-refractivity contribution < 1.29 is 15.0 Å². The van der Waals surface area contributed by atoms with Crippen molar-refractivity contribution in [2.45, 2.75) is 72.3 Å². The minimum Gasteiger partial charge on any atom is -0.478 e. The summed E-state index contributed by atoms with van der Waals surface area (Å²) in [5, 5.41) is 19.4. The highest BCUT2D eigenvalue weighted by molar-refractivity contribution is 5.86. The molecular formula is C21H34O3. The molecule has 0 aliphatic heterocycles. The van der Waals surface area contributed by atoms with E-state index in [-0.39, 0.29) is 5.92 Å². The molecule has 4 unspecified atom stereocenters. The number of aliphatic carboxylic acids is 1. The average molecular weight is 335 g/mol. The van der Waals surface area contributed by atoms with Gasteiger partial charge in [0.05, 0.1) is 5.60 Å². The van der Waals surface area contributed by atoms with Crippen molar-refractivity contribution in [3.63, 3.8) is 0 Å². The highest BCUT2D eigenvalue weighted by atomic mass is 16.4. The lowest BCUT2D eigenvalue weighted by Crippen LogP contribution is -2.28. The zero-order chi connectivity index (χ0) is 18.3. The first-order valence-electron chi connectivity index (χ1n) is 9.10. The smallest absolute Gasteiger partial charge is 0.331 e. The second kappa shape index (κ2) is 9.22. The Kier molecular flexibility index (Phi) is 7.95. The van der Waals surface area contributed by atoms with Gasteiger partial charge in [0, 0.05) is 5.57 Å². The molecule has 0 saturated carbocycles. The zero-order valence-electron chi connectivity index (χ0n) is 15.9. The van der Waals surface area contributed by atoms with Gasteiger partial charge in [-0.15, -0.1) is 0 Å². The predicted octanol–water partition coefficient (Wildman–Crippen LogP) is 5.12. The third-order valence-corrected chi connectivity index (χ3v) is 4.89. The molecule has 0 fully saturated rings. The largest absolute Gasteiger partial charge is 0.478 e. The van der Waals surface area contributed by atoms with Crippen molar-refractivity contribution in [1.29, 1.82) is 0 Å². The average Bonchev–Trinajstić information content (AvgIpc) is 2.45. The van der Waals surface area contributed by atoms with E-state index in [1.165, 1.54) is 5.57 Å². The highest BCUT2D eigenvalue weighted by Crippen LogP contribution is 2.33. The number of carbonyl (C=O) groups is 1. The molecule has 1 aliphatic rings. The van der Waals surface area contributed by atoms with Crippen LogP contribution in [0.4, 0.5) is 0 Å². The molecule has 2 N–H and O–H groups in total. The van der Waals surface area contributed by atoms with E-state index in [1.807, 2.05) is 32.9 Å². The van der Waals surface area contributed by atoms with Crippen molar-refractivity contribution in [3.05, 3.63) is 35.5 Å². The number of rotatable bonds is 8. The van der Waals surface area contributed by atoms with E-state index in [4.69, 9.17) is 0 Å². The van der Waals surface area contributed by atoms with E-state index >= 15 is 0 Å². The molecule has 136 valence electrons. The maximum atomic E-state index is 11.4. The summed E-state index contributed by atoms with van der Waals surface area (Å²) in [6.45, 7) is 10.2. The van der Waals surface area contributed by atoms with E-state index in [1.54, 1.807) is 0 Å². The van der Waals surface area contributed by atoms with E-state index in [0.29, 0.717) is 23.8 Å². The summed E-state index contributed by atoms with van der Waals surface area (Å²) < 4.78 is 0. The summed E-state index contributed by atoms with van der Waals surface area (Å²) in [5.41, 5.74) is 1.08.